The molecule has 0 saturated carbocycles. The third-order valence-electron chi connectivity index (χ3n) is 5.16. The van der Waals surface area contributed by atoms with Gasteiger partial charge in [-0.3, -0.25) is 4.79 Å². The minimum atomic E-state index is -0.728. The molecule has 1 spiro atoms. The maximum absolute atomic E-state index is 11.1. The number of carboxylic acids is 1. The highest BCUT2D eigenvalue weighted by Gasteiger charge is 2.43. The Balaban J connectivity index is 1.66. The lowest BCUT2D eigenvalue weighted by atomic mass is 9.76. The Kier molecular flexibility index (Phi) is 4.04. The molecule has 22 heavy (non-hydrogen) atoms. The number of nitrogens with zero attached hydrogens (tertiary/aromatic N) is 3. The van der Waals surface area contributed by atoms with E-state index in [0.717, 1.165) is 62.5 Å². The topological polar surface area (TPSA) is 78.4 Å². The van der Waals surface area contributed by atoms with Gasteiger partial charge in [-0.15, -0.1) is 0 Å². The lowest BCUT2D eigenvalue weighted by molar-refractivity contribution is -0.139. The molecule has 0 bridgehead atoms. The van der Waals surface area contributed by atoms with Crippen LogP contribution in [0.5, 0.6) is 0 Å². The van der Waals surface area contributed by atoms with Gasteiger partial charge in [-0.05, 0) is 43.6 Å². The number of rotatable bonds is 3. The van der Waals surface area contributed by atoms with Crippen molar-refractivity contribution >= 4 is 11.9 Å². The summed E-state index contributed by atoms with van der Waals surface area (Å²) in [6.45, 7) is 6.78. The van der Waals surface area contributed by atoms with Crippen molar-refractivity contribution in [2.75, 3.05) is 24.5 Å². The molecule has 1 aromatic heterocycles. The van der Waals surface area contributed by atoms with Crippen LogP contribution in [0.3, 0.4) is 0 Å². The minimum absolute atomic E-state index is 0.137. The van der Waals surface area contributed by atoms with Gasteiger partial charge in [0, 0.05) is 31.5 Å². The summed E-state index contributed by atoms with van der Waals surface area (Å²) in [4.78, 5) is 22.5. The van der Waals surface area contributed by atoms with Gasteiger partial charge in [-0.25, -0.2) is 9.97 Å². The first-order chi connectivity index (χ1) is 10.5. The van der Waals surface area contributed by atoms with E-state index in [2.05, 4.69) is 27.1 Å². The van der Waals surface area contributed by atoms with Crippen molar-refractivity contribution in [2.24, 2.45) is 5.41 Å². The maximum atomic E-state index is 11.1. The van der Waals surface area contributed by atoms with Crippen LogP contribution in [-0.4, -0.2) is 46.7 Å². The first-order valence-corrected chi connectivity index (χ1v) is 8.07. The normalized spacial score (nSPS) is 23.9. The highest BCUT2D eigenvalue weighted by Crippen LogP contribution is 2.39. The van der Waals surface area contributed by atoms with E-state index >= 15 is 0 Å². The fourth-order valence-corrected chi connectivity index (χ4v) is 3.63. The van der Waals surface area contributed by atoms with Gasteiger partial charge in [-0.2, -0.15) is 0 Å². The molecule has 2 fully saturated rings. The largest absolute Gasteiger partial charge is 0.480 e. The molecule has 2 aliphatic heterocycles. The van der Waals surface area contributed by atoms with Crippen molar-refractivity contribution in [1.82, 2.24) is 15.3 Å². The average molecular weight is 304 g/mol. The zero-order chi connectivity index (χ0) is 15.7. The van der Waals surface area contributed by atoms with Gasteiger partial charge in [-0.1, -0.05) is 6.92 Å². The fourth-order valence-electron chi connectivity index (χ4n) is 3.63. The molecule has 6 heteroatoms. The Morgan fingerprint density at radius 2 is 2.23 bits per heavy atom. The van der Waals surface area contributed by atoms with Crippen LogP contribution in [-0.2, 0) is 11.2 Å². The number of hydrogen-bond acceptors (Lipinski definition) is 5. The molecule has 0 aliphatic carbocycles. The van der Waals surface area contributed by atoms with E-state index in [-0.39, 0.29) is 11.5 Å². The number of piperidine rings is 1. The summed E-state index contributed by atoms with van der Waals surface area (Å²) in [5.41, 5.74) is 2.39. The average Bonchev–Trinajstić information content (AvgIpc) is 2.93. The fraction of sp³-hybridized carbons (Fsp3) is 0.688. The highest BCUT2D eigenvalue weighted by molar-refractivity contribution is 5.74. The van der Waals surface area contributed by atoms with E-state index in [1.165, 1.54) is 0 Å². The van der Waals surface area contributed by atoms with E-state index in [4.69, 9.17) is 5.11 Å². The predicted molar refractivity (Wildman–Crippen MR) is 84.1 cm³/mol. The van der Waals surface area contributed by atoms with Crippen molar-refractivity contribution in [3.8, 4) is 0 Å². The molecule has 2 N–H and O–H groups in total. The second-order valence-electron chi connectivity index (χ2n) is 6.62. The summed E-state index contributed by atoms with van der Waals surface area (Å²) < 4.78 is 0. The molecular formula is C16H24N4O2. The third-order valence-corrected chi connectivity index (χ3v) is 5.16. The second kappa shape index (κ2) is 5.83. The van der Waals surface area contributed by atoms with Crippen LogP contribution in [0, 0.1) is 12.3 Å². The molecule has 1 atom stereocenters. The van der Waals surface area contributed by atoms with Gasteiger partial charge in [0.2, 0.25) is 5.95 Å². The van der Waals surface area contributed by atoms with E-state index in [9.17, 15) is 4.79 Å². The van der Waals surface area contributed by atoms with Crippen molar-refractivity contribution < 1.29 is 9.90 Å². The van der Waals surface area contributed by atoms with Gasteiger partial charge < -0.3 is 15.3 Å². The molecule has 120 valence electrons. The zero-order valence-corrected chi connectivity index (χ0v) is 13.3. The summed E-state index contributed by atoms with van der Waals surface area (Å²) in [6.07, 6.45) is 5.57. The van der Waals surface area contributed by atoms with E-state index in [0.29, 0.717) is 0 Å². The number of anilines is 1. The van der Waals surface area contributed by atoms with Gasteiger partial charge in [0.1, 0.15) is 6.04 Å². The number of hydrogen-bond donors (Lipinski definition) is 2. The lowest BCUT2D eigenvalue weighted by Crippen LogP contribution is -2.42. The first kappa shape index (κ1) is 15.2. The molecule has 3 rings (SSSR count). The van der Waals surface area contributed by atoms with Crippen LogP contribution in [0.2, 0.25) is 0 Å². The number of nitrogens with one attached hydrogen (secondary N) is 1. The standard InChI is InChI=1S/C16H24N4O2/c1-3-12-11(2)9-17-15(19-12)20-6-4-16(5-7-20)8-13(14(21)22)18-10-16/h9,13,18H,3-8,10H2,1-2H3,(H,21,22)/t13-/m0/s1. The molecule has 0 aromatic carbocycles. The van der Waals surface area contributed by atoms with Gasteiger partial charge in [0.05, 0.1) is 0 Å². The van der Waals surface area contributed by atoms with Crippen molar-refractivity contribution in [1.29, 1.82) is 0 Å². The van der Waals surface area contributed by atoms with E-state index < -0.39 is 5.97 Å². The van der Waals surface area contributed by atoms with Crippen LogP contribution < -0.4 is 10.2 Å². The van der Waals surface area contributed by atoms with E-state index in [1.54, 1.807) is 0 Å². The molecule has 3 heterocycles. The van der Waals surface area contributed by atoms with E-state index in [1.807, 2.05) is 13.1 Å². The van der Waals surface area contributed by atoms with Crippen LogP contribution in [0.1, 0.15) is 37.4 Å². The Morgan fingerprint density at radius 3 is 2.82 bits per heavy atom. The second-order valence-corrected chi connectivity index (χ2v) is 6.62. The summed E-state index contributed by atoms with van der Waals surface area (Å²) in [5.74, 6) is 0.0896. The Hall–Kier alpha value is -1.69. The number of aryl methyl sites for hydroxylation is 2. The van der Waals surface area contributed by atoms with Gasteiger partial charge >= 0.3 is 5.97 Å². The molecular weight excluding hydrogens is 280 g/mol. The van der Waals surface area contributed by atoms with Gasteiger partial charge in [0.15, 0.2) is 0 Å². The monoisotopic (exact) mass is 304 g/mol. The smallest absolute Gasteiger partial charge is 0.320 e. The van der Waals surface area contributed by atoms with Crippen LogP contribution >= 0.6 is 0 Å². The Labute approximate surface area is 131 Å². The Bertz CT molecular complexity index is 567. The quantitative estimate of drug-likeness (QED) is 0.878. The maximum Gasteiger partial charge on any atom is 0.320 e. The third kappa shape index (κ3) is 2.79. The molecule has 0 unspecified atom stereocenters. The summed E-state index contributed by atoms with van der Waals surface area (Å²) in [7, 11) is 0. The summed E-state index contributed by atoms with van der Waals surface area (Å²) >= 11 is 0. The van der Waals surface area contributed by atoms with Crippen LogP contribution in [0.15, 0.2) is 6.20 Å². The van der Waals surface area contributed by atoms with Crippen molar-refractivity contribution in [3.05, 3.63) is 17.5 Å². The van der Waals surface area contributed by atoms with Crippen molar-refractivity contribution in [2.45, 2.75) is 45.6 Å². The molecule has 0 radical (unpaired) electrons. The zero-order valence-electron chi connectivity index (χ0n) is 13.3. The van der Waals surface area contributed by atoms with Gasteiger partial charge in [0.25, 0.3) is 0 Å². The highest BCUT2D eigenvalue weighted by atomic mass is 16.4. The Morgan fingerprint density at radius 1 is 1.50 bits per heavy atom. The number of carbonyl (C=O) groups is 1. The minimum Gasteiger partial charge on any atom is -0.480 e. The van der Waals surface area contributed by atoms with Crippen molar-refractivity contribution in [3.63, 3.8) is 0 Å². The van der Waals surface area contributed by atoms with Crippen LogP contribution in [0.4, 0.5) is 5.95 Å². The first-order valence-electron chi connectivity index (χ1n) is 8.07. The predicted octanol–water partition coefficient (Wildman–Crippen LogP) is 1.38. The molecule has 2 saturated heterocycles. The molecule has 1 aromatic rings. The molecule has 2 aliphatic rings. The molecule has 6 nitrogen and oxygen atoms in total. The SMILES string of the molecule is CCc1nc(N2CCC3(CC2)CN[C@H](C(=O)O)C3)ncc1C. The number of aliphatic carboxylic acids is 1. The number of aromatic nitrogens is 2. The molecule has 0 amide bonds. The van der Waals surface area contributed by atoms with Crippen LogP contribution in [0.25, 0.3) is 0 Å². The number of carboxylic acid groups (broad SMARTS) is 1. The summed E-state index contributed by atoms with van der Waals surface area (Å²) in [5, 5.41) is 12.3. The summed E-state index contributed by atoms with van der Waals surface area (Å²) in [6, 6.07) is -0.381. The lowest BCUT2D eigenvalue weighted by Gasteiger charge is -2.39.